The van der Waals surface area contributed by atoms with Gasteiger partial charge in [0.15, 0.2) is 11.5 Å². The van der Waals surface area contributed by atoms with E-state index >= 15 is 0 Å². The summed E-state index contributed by atoms with van der Waals surface area (Å²) >= 11 is 0. The highest BCUT2D eigenvalue weighted by atomic mass is 16.6. The Labute approximate surface area is 267 Å². The maximum absolute atomic E-state index is 11.6. The molecule has 2 rings (SSSR count). The summed E-state index contributed by atoms with van der Waals surface area (Å²) in [6.07, 6.45) is 5.85. The van der Waals surface area contributed by atoms with Crippen LogP contribution < -0.4 is 24.8 Å². The van der Waals surface area contributed by atoms with Crippen molar-refractivity contribution in [3.63, 3.8) is 0 Å². The number of carboxylic acid groups (broad SMARTS) is 1. The predicted octanol–water partition coefficient (Wildman–Crippen LogP) is 1.22. The molecular weight excluding hydrogens is 604 g/mol. The van der Waals surface area contributed by atoms with E-state index < -0.39 is 11.9 Å². The molecule has 0 atom stereocenters. The number of amides is 2. The molecule has 0 saturated carbocycles. The molecule has 0 fully saturated rings. The van der Waals surface area contributed by atoms with Crippen LogP contribution in [0.3, 0.4) is 0 Å². The Morgan fingerprint density at radius 3 is 1.67 bits per heavy atom. The monoisotopic (exact) mass is 646 g/mol. The third kappa shape index (κ3) is 17.5. The smallest absolute Gasteiger partial charge is 0.308 e. The fourth-order valence-electron chi connectivity index (χ4n) is 3.49. The highest BCUT2D eigenvalue weighted by Gasteiger charge is 2.09. The number of aliphatic hydroxyl groups is 2. The van der Waals surface area contributed by atoms with Crippen molar-refractivity contribution in [1.29, 1.82) is 0 Å². The summed E-state index contributed by atoms with van der Waals surface area (Å²) in [6.45, 7) is 3.09. The zero-order valence-corrected chi connectivity index (χ0v) is 26.2. The molecular formula is C32H42N2O12. The number of methoxy groups -OCH3 is 2. The minimum absolute atomic E-state index is 0.0426. The first-order chi connectivity index (χ1) is 22.1. The molecule has 0 saturated heterocycles. The Morgan fingerprint density at radius 1 is 0.717 bits per heavy atom. The van der Waals surface area contributed by atoms with Gasteiger partial charge in [-0.2, -0.15) is 0 Å². The van der Waals surface area contributed by atoms with Gasteiger partial charge in [-0.05, 0) is 41.5 Å². The minimum Gasteiger partial charge on any atom is -0.496 e. The molecule has 14 heteroatoms. The normalized spacial score (nSPS) is 10.6. The maximum atomic E-state index is 11.6. The van der Waals surface area contributed by atoms with E-state index in [1.807, 2.05) is 0 Å². The number of nitrogens with one attached hydrogen (secondary N) is 2. The first-order valence-corrected chi connectivity index (χ1v) is 14.2. The lowest BCUT2D eigenvalue weighted by molar-refractivity contribution is -0.136. The molecule has 2 aromatic rings. The van der Waals surface area contributed by atoms with Crippen molar-refractivity contribution in [2.45, 2.75) is 13.3 Å². The van der Waals surface area contributed by atoms with Gasteiger partial charge >= 0.3 is 11.9 Å². The summed E-state index contributed by atoms with van der Waals surface area (Å²) in [5.74, 6) is -0.717. The van der Waals surface area contributed by atoms with E-state index in [-0.39, 0.29) is 44.7 Å². The number of rotatable bonds is 19. The Morgan fingerprint density at radius 2 is 1.22 bits per heavy atom. The van der Waals surface area contributed by atoms with Gasteiger partial charge in [0.1, 0.15) is 5.75 Å². The number of benzene rings is 2. The van der Waals surface area contributed by atoms with Gasteiger partial charge in [-0.1, -0.05) is 18.2 Å². The largest absolute Gasteiger partial charge is 0.496 e. The number of esters is 1. The highest BCUT2D eigenvalue weighted by Crippen LogP contribution is 2.28. The molecule has 0 spiro atoms. The van der Waals surface area contributed by atoms with Crippen molar-refractivity contribution >= 4 is 35.9 Å². The average Bonchev–Trinajstić information content (AvgIpc) is 3.03. The molecule has 252 valence electrons. The van der Waals surface area contributed by atoms with Crippen LogP contribution in [-0.4, -0.2) is 106 Å². The number of hydrogen-bond donors (Lipinski definition) is 5. The number of aliphatic carboxylic acids is 1. The van der Waals surface area contributed by atoms with Gasteiger partial charge in [0.05, 0.1) is 60.3 Å². The Hall–Kier alpha value is -4.76. The van der Waals surface area contributed by atoms with Crippen molar-refractivity contribution in [1.82, 2.24) is 10.6 Å². The van der Waals surface area contributed by atoms with Crippen molar-refractivity contribution < 1.29 is 58.2 Å². The van der Waals surface area contributed by atoms with Crippen LogP contribution in [0.15, 0.2) is 48.6 Å². The molecule has 5 N–H and O–H groups in total. The molecule has 2 aromatic carbocycles. The van der Waals surface area contributed by atoms with Crippen LogP contribution in [0.5, 0.6) is 17.2 Å². The molecule has 0 heterocycles. The summed E-state index contributed by atoms with van der Waals surface area (Å²) in [5.41, 5.74) is 2.02. The Kier molecular flexibility index (Phi) is 20.1. The van der Waals surface area contributed by atoms with E-state index in [0.29, 0.717) is 49.1 Å². The highest BCUT2D eigenvalue weighted by molar-refractivity contribution is 5.92. The van der Waals surface area contributed by atoms with Crippen molar-refractivity contribution in [3.05, 3.63) is 65.2 Å². The number of aliphatic hydroxyl groups excluding tert-OH is 2. The molecule has 2 amide bonds. The van der Waals surface area contributed by atoms with E-state index in [1.165, 1.54) is 33.3 Å². The van der Waals surface area contributed by atoms with Crippen LogP contribution in [0.4, 0.5) is 0 Å². The summed E-state index contributed by atoms with van der Waals surface area (Å²) in [5, 5.41) is 31.2. The van der Waals surface area contributed by atoms with Gasteiger partial charge in [0.2, 0.25) is 11.8 Å². The zero-order chi connectivity index (χ0) is 34.2. The third-order valence-electron chi connectivity index (χ3n) is 5.51. The lowest BCUT2D eigenvalue weighted by Crippen LogP contribution is -2.25. The molecule has 0 aliphatic carbocycles. The lowest BCUT2D eigenvalue weighted by atomic mass is 10.1. The van der Waals surface area contributed by atoms with Gasteiger partial charge in [0.25, 0.3) is 0 Å². The third-order valence-corrected chi connectivity index (χ3v) is 5.51. The van der Waals surface area contributed by atoms with Crippen LogP contribution in [0.25, 0.3) is 12.2 Å². The van der Waals surface area contributed by atoms with Crippen molar-refractivity contribution in [2.24, 2.45) is 0 Å². The number of carbonyl (C=O) groups is 4. The quantitative estimate of drug-likeness (QED) is 0.0634. The number of hydrogen-bond acceptors (Lipinski definition) is 11. The fraction of sp³-hybridized carbons (Fsp3) is 0.375. The van der Waals surface area contributed by atoms with Crippen LogP contribution in [-0.2, 0) is 35.1 Å². The second-order valence-corrected chi connectivity index (χ2v) is 9.07. The summed E-state index contributed by atoms with van der Waals surface area (Å²) in [4.78, 5) is 45.0. The average molecular weight is 647 g/mol. The van der Waals surface area contributed by atoms with Crippen molar-refractivity contribution in [2.75, 3.05) is 67.0 Å². The second-order valence-electron chi connectivity index (χ2n) is 9.07. The Balaban J connectivity index is 0.000000460. The van der Waals surface area contributed by atoms with E-state index in [1.54, 1.807) is 48.6 Å². The van der Waals surface area contributed by atoms with Gasteiger partial charge in [-0.25, -0.2) is 0 Å². The van der Waals surface area contributed by atoms with Crippen molar-refractivity contribution in [3.8, 4) is 17.2 Å². The zero-order valence-electron chi connectivity index (χ0n) is 26.2. The second kappa shape index (κ2) is 23.6. The molecule has 0 unspecified atom stereocenters. The van der Waals surface area contributed by atoms with E-state index in [2.05, 4.69) is 10.6 Å². The SMILES string of the molecule is COc1cc(/C=C/C(=O)NCCOCCO)ccc1CC(=O)O.COc1cc(/C=C/C(=O)NCCOCCO)ccc1OC(C)=O. The molecule has 46 heavy (non-hydrogen) atoms. The molecule has 0 bridgehead atoms. The minimum atomic E-state index is -0.936. The van der Waals surface area contributed by atoms with Gasteiger partial charge in [-0.3, -0.25) is 19.2 Å². The molecule has 0 radical (unpaired) electrons. The van der Waals surface area contributed by atoms with E-state index in [9.17, 15) is 19.2 Å². The Bertz CT molecular complexity index is 1210. The number of carboxylic acids is 1. The summed E-state index contributed by atoms with van der Waals surface area (Å²) in [6, 6.07) is 10.0. The molecule has 0 aromatic heterocycles. The predicted molar refractivity (Wildman–Crippen MR) is 169 cm³/mol. The van der Waals surface area contributed by atoms with E-state index in [4.69, 9.17) is 39.0 Å². The fourth-order valence-corrected chi connectivity index (χ4v) is 3.49. The molecule has 0 aliphatic rings. The number of carbonyl (C=O) groups excluding carboxylic acids is 3. The van der Waals surface area contributed by atoms with E-state index in [0.717, 1.165) is 11.1 Å². The first kappa shape index (κ1) is 39.3. The van der Waals surface area contributed by atoms with Crippen LogP contribution in [0.2, 0.25) is 0 Å². The first-order valence-electron chi connectivity index (χ1n) is 14.2. The summed E-state index contributed by atoms with van der Waals surface area (Å²) in [7, 11) is 2.93. The number of ether oxygens (including phenoxy) is 5. The van der Waals surface area contributed by atoms with Gasteiger partial charge < -0.3 is 49.6 Å². The maximum Gasteiger partial charge on any atom is 0.308 e. The lowest BCUT2D eigenvalue weighted by Gasteiger charge is -2.08. The standard InChI is InChI=1S/2C16H21NO6/c1-12(19)23-14-5-3-13(11-15(14)21-2)4-6-16(20)17-7-9-22-10-8-18;1-22-14-10-12(2-4-13(14)11-16(20)21)3-5-15(19)17-6-8-23-9-7-18/h3-6,11,18H,7-10H2,1-2H3,(H,17,20);2-5,10,18H,6-9,11H2,1H3,(H,17,19)(H,20,21)/b6-4+;5-3+. The summed E-state index contributed by atoms with van der Waals surface area (Å²) < 4.78 is 25.4. The molecule has 14 nitrogen and oxygen atoms in total. The van der Waals surface area contributed by atoms with Gasteiger partial charge in [0, 0.05) is 37.7 Å². The van der Waals surface area contributed by atoms with Crippen LogP contribution in [0, 0.1) is 0 Å². The molecule has 0 aliphatic heterocycles. The van der Waals surface area contributed by atoms with Gasteiger partial charge in [-0.15, -0.1) is 0 Å². The topological polar surface area (TPSA) is 199 Å². The van der Waals surface area contributed by atoms with Crippen LogP contribution in [0.1, 0.15) is 23.6 Å². The van der Waals surface area contributed by atoms with Crippen LogP contribution >= 0.6 is 0 Å².